The molecule has 3 atom stereocenters. The lowest BCUT2D eigenvalue weighted by atomic mass is 9.82. The third-order valence-electron chi connectivity index (χ3n) is 4.39. The second-order valence-corrected chi connectivity index (χ2v) is 8.76. The molecule has 2 N–H and O–H groups in total. The van der Waals surface area contributed by atoms with E-state index in [1.165, 1.54) is 25.7 Å². The van der Waals surface area contributed by atoms with Crippen molar-refractivity contribution < 1.29 is 9.53 Å². The standard InChI is InChI=1S/C19H38N2O2/c1-14(2)10-17(13-21-18(22)23-19(4,5)6)20-12-16-9-7-8-15(3)11-16/h14-17,20H,7-13H2,1-6H3,(H,21,22). The molecule has 1 fully saturated rings. The average Bonchev–Trinajstić information content (AvgIpc) is 2.39. The molecule has 0 aromatic rings. The Morgan fingerprint density at radius 1 is 1.26 bits per heavy atom. The molecular formula is C19H38N2O2. The minimum Gasteiger partial charge on any atom is -0.444 e. The van der Waals surface area contributed by atoms with Crippen LogP contribution in [0, 0.1) is 17.8 Å². The van der Waals surface area contributed by atoms with Crippen molar-refractivity contribution >= 4 is 6.09 Å². The molecule has 1 amide bonds. The molecular weight excluding hydrogens is 288 g/mol. The highest BCUT2D eigenvalue weighted by molar-refractivity contribution is 5.67. The fourth-order valence-corrected chi connectivity index (χ4v) is 3.41. The highest BCUT2D eigenvalue weighted by Gasteiger charge is 2.21. The Morgan fingerprint density at radius 2 is 1.96 bits per heavy atom. The fourth-order valence-electron chi connectivity index (χ4n) is 3.41. The molecule has 0 saturated heterocycles. The van der Waals surface area contributed by atoms with Crippen LogP contribution in [0.4, 0.5) is 4.79 Å². The minimum absolute atomic E-state index is 0.319. The van der Waals surface area contributed by atoms with E-state index in [9.17, 15) is 4.79 Å². The van der Waals surface area contributed by atoms with Crippen LogP contribution in [0.15, 0.2) is 0 Å². The van der Waals surface area contributed by atoms with Crippen molar-refractivity contribution in [3.05, 3.63) is 0 Å². The zero-order valence-electron chi connectivity index (χ0n) is 16.1. The van der Waals surface area contributed by atoms with Gasteiger partial charge in [0.1, 0.15) is 5.60 Å². The largest absolute Gasteiger partial charge is 0.444 e. The number of ether oxygens (including phenoxy) is 1. The number of amides is 1. The van der Waals surface area contributed by atoms with Crippen LogP contribution in [-0.2, 0) is 4.74 Å². The highest BCUT2D eigenvalue weighted by Crippen LogP contribution is 2.28. The molecule has 1 rings (SSSR count). The number of carbonyl (C=O) groups is 1. The van der Waals surface area contributed by atoms with Crippen LogP contribution in [0.2, 0.25) is 0 Å². The van der Waals surface area contributed by atoms with Crippen molar-refractivity contribution in [1.29, 1.82) is 0 Å². The van der Waals surface area contributed by atoms with Crippen molar-refractivity contribution in [3.8, 4) is 0 Å². The number of hydrogen-bond donors (Lipinski definition) is 2. The van der Waals surface area contributed by atoms with Crippen LogP contribution in [-0.4, -0.2) is 30.8 Å². The number of nitrogens with one attached hydrogen (secondary N) is 2. The maximum atomic E-state index is 11.8. The predicted molar refractivity (Wildman–Crippen MR) is 96.6 cm³/mol. The first-order valence-electron chi connectivity index (χ1n) is 9.36. The third kappa shape index (κ3) is 9.85. The lowest BCUT2D eigenvalue weighted by molar-refractivity contribution is 0.0520. The van der Waals surface area contributed by atoms with Gasteiger partial charge in [0.2, 0.25) is 0 Å². The van der Waals surface area contributed by atoms with Gasteiger partial charge >= 0.3 is 6.09 Å². The summed E-state index contributed by atoms with van der Waals surface area (Å²) in [5.41, 5.74) is -0.441. The van der Waals surface area contributed by atoms with E-state index < -0.39 is 5.60 Å². The van der Waals surface area contributed by atoms with Crippen molar-refractivity contribution in [1.82, 2.24) is 10.6 Å². The average molecular weight is 327 g/mol. The maximum absolute atomic E-state index is 11.8. The van der Waals surface area contributed by atoms with Crippen LogP contribution < -0.4 is 10.6 Å². The first kappa shape index (κ1) is 20.3. The maximum Gasteiger partial charge on any atom is 0.407 e. The summed E-state index contributed by atoms with van der Waals surface area (Å²) in [6.07, 6.45) is 6.16. The van der Waals surface area contributed by atoms with Gasteiger partial charge in [-0.3, -0.25) is 0 Å². The van der Waals surface area contributed by atoms with Crippen LogP contribution >= 0.6 is 0 Å². The fraction of sp³-hybridized carbons (Fsp3) is 0.947. The second kappa shape index (κ2) is 9.51. The van der Waals surface area contributed by atoms with Gasteiger partial charge in [-0.15, -0.1) is 0 Å². The Hall–Kier alpha value is -0.770. The molecule has 0 radical (unpaired) electrons. The van der Waals surface area contributed by atoms with Gasteiger partial charge in [-0.2, -0.15) is 0 Å². The summed E-state index contributed by atoms with van der Waals surface area (Å²) in [6, 6.07) is 0.319. The summed E-state index contributed by atoms with van der Waals surface area (Å²) in [4.78, 5) is 11.8. The van der Waals surface area contributed by atoms with Gasteiger partial charge in [-0.1, -0.05) is 33.6 Å². The van der Waals surface area contributed by atoms with E-state index in [1.54, 1.807) is 0 Å². The molecule has 0 heterocycles. The molecule has 0 spiro atoms. The van der Waals surface area contributed by atoms with E-state index in [4.69, 9.17) is 4.74 Å². The van der Waals surface area contributed by atoms with Crippen molar-refractivity contribution in [3.63, 3.8) is 0 Å². The molecule has 0 bridgehead atoms. The van der Waals surface area contributed by atoms with Gasteiger partial charge in [0.15, 0.2) is 0 Å². The summed E-state index contributed by atoms with van der Waals surface area (Å²) < 4.78 is 5.32. The lowest BCUT2D eigenvalue weighted by Crippen LogP contribution is -2.45. The summed E-state index contributed by atoms with van der Waals surface area (Å²) in [7, 11) is 0. The highest BCUT2D eigenvalue weighted by atomic mass is 16.6. The Labute approximate surface area is 143 Å². The molecule has 136 valence electrons. The Balaban J connectivity index is 2.38. The van der Waals surface area contributed by atoms with Crippen LogP contribution in [0.25, 0.3) is 0 Å². The van der Waals surface area contributed by atoms with E-state index in [1.807, 2.05) is 20.8 Å². The van der Waals surface area contributed by atoms with Crippen molar-refractivity contribution in [2.45, 2.75) is 85.3 Å². The predicted octanol–water partition coefficient (Wildman–Crippen LogP) is 4.34. The van der Waals surface area contributed by atoms with E-state index in [0.717, 1.165) is 24.8 Å². The molecule has 1 aliphatic rings. The Kier molecular flexibility index (Phi) is 8.38. The SMILES string of the molecule is CC(C)CC(CNC(=O)OC(C)(C)C)NCC1CCCC(C)C1. The first-order chi connectivity index (χ1) is 10.7. The minimum atomic E-state index is -0.441. The summed E-state index contributed by atoms with van der Waals surface area (Å²) in [5, 5.41) is 6.61. The van der Waals surface area contributed by atoms with E-state index >= 15 is 0 Å². The summed E-state index contributed by atoms with van der Waals surface area (Å²) >= 11 is 0. The Morgan fingerprint density at radius 3 is 2.52 bits per heavy atom. The number of alkyl carbamates (subject to hydrolysis) is 1. The van der Waals surface area contributed by atoms with Crippen LogP contribution in [0.1, 0.15) is 73.6 Å². The second-order valence-electron chi connectivity index (χ2n) is 8.76. The van der Waals surface area contributed by atoms with E-state index in [2.05, 4.69) is 31.4 Å². The van der Waals surface area contributed by atoms with Crippen LogP contribution in [0.3, 0.4) is 0 Å². The zero-order chi connectivity index (χ0) is 17.5. The van der Waals surface area contributed by atoms with E-state index in [-0.39, 0.29) is 6.09 Å². The summed E-state index contributed by atoms with van der Waals surface area (Å²) in [5.74, 6) is 2.26. The molecule has 3 unspecified atom stereocenters. The third-order valence-corrected chi connectivity index (χ3v) is 4.39. The number of carbonyl (C=O) groups excluding carboxylic acids is 1. The monoisotopic (exact) mass is 326 g/mol. The molecule has 23 heavy (non-hydrogen) atoms. The molecule has 0 aromatic carbocycles. The molecule has 0 aliphatic heterocycles. The molecule has 1 aliphatic carbocycles. The van der Waals surface area contributed by atoms with Gasteiger partial charge in [0.25, 0.3) is 0 Å². The van der Waals surface area contributed by atoms with Gasteiger partial charge in [-0.25, -0.2) is 4.79 Å². The van der Waals surface area contributed by atoms with Gasteiger partial charge in [0.05, 0.1) is 0 Å². The van der Waals surface area contributed by atoms with Crippen molar-refractivity contribution in [2.24, 2.45) is 17.8 Å². The topological polar surface area (TPSA) is 50.4 Å². The zero-order valence-corrected chi connectivity index (χ0v) is 16.1. The first-order valence-corrected chi connectivity index (χ1v) is 9.36. The Bertz CT molecular complexity index is 350. The smallest absolute Gasteiger partial charge is 0.407 e. The van der Waals surface area contributed by atoms with Gasteiger partial charge < -0.3 is 15.4 Å². The molecule has 4 nitrogen and oxygen atoms in total. The van der Waals surface area contributed by atoms with Crippen LogP contribution in [0.5, 0.6) is 0 Å². The lowest BCUT2D eigenvalue weighted by Gasteiger charge is -2.29. The summed E-state index contributed by atoms with van der Waals surface area (Å²) in [6.45, 7) is 14.2. The quantitative estimate of drug-likeness (QED) is 0.731. The number of hydrogen-bond acceptors (Lipinski definition) is 3. The normalized spacial score (nSPS) is 23.6. The van der Waals surface area contributed by atoms with Gasteiger partial charge in [-0.05, 0) is 64.3 Å². The molecule has 1 saturated carbocycles. The van der Waals surface area contributed by atoms with Gasteiger partial charge in [0, 0.05) is 12.6 Å². The number of rotatable bonds is 7. The van der Waals surface area contributed by atoms with E-state index in [0.29, 0.717) is 18.5 Å². The molecule has 0 aromatic heterocycles. The van der Waals surface area contributed by atoms with Crippen molar-refractivity contribution in [2.75, 3.05) is 13.1 Å². The molecule has 4 heteroatoms.